The molecule has 0 fully saturated rings. The van der Waals surface area contributed by atoms with Crippen LogP contribution in [0.5, 0.6) is 0 Å². The van der Waals surface area contributed by atoms with E-state index < -0.39 is 11.8 Å². The number of halogens is 1. The van der Waals surface area contributed by atoms with E-state index in [0.29, 0.717) is 12.1 Å². The number of carboxylic acids is 1. The Morgan fingerprint density at radius 1 is 1.33 bits per heavy atom. The molecule has 1 N–H and O–H groups in total. The molecule has 4 heteroatoms. The van der Waals surface area contributed by atoms with Gasteiger partial charge >= 0.3 is 5.97 Å². The third kappa shape index (κ3) is 4.45. The molecule has 0 heterocycles. The molecule has 18 heavy (non-hydrogen) atoms. The molecule has 0 spiro atoms. The number of aromatic carboxylic acids is 1. The zero-order valence-electron chi connectivity index (χ0n) is 10.9. The Labute approximate surface area is 107 Å². The lowest BCUT2D eigenvalue weighted by atomic mass is 10.1. The van der Waals surface area contributed by atoms with Crippen LogP contribution in [0.3, 0.4) is 0 Å². The average molecular weight is 253 g/mol. The second-order valence-electron chi connectivity index (χ2n) is 4.38. The molecule has 1 rings (SSSR count). The van der Waals surface area contributed by atoms with Gasteiger partial charge in [-0.25, -0.2) is 9.18 Å². The van der Waals surface area contributed by atoms with Crippen LogP contribution in [-0.4, -0.2) is 29.1 Å². The highest BCUT2D eigenvalue weighted by atomic mass is 19.1. The number of carbonyl (C=O) groups is 1. The van der Waals surface area contributed by atoms with Crippen LogP contribution in [0.2, 0.25) is 0 Å². The highest BCUT2D eigenvalue weighted by Crippen LogP contribution is 2.12. The summed E-state index contributed by atoms with van der Waals surface area (Å²) in [6.45, 7) is 6.59. The Hall–Kier alpha value is -1.42. The Balaban J connectivity index is 2.79. The summed E-state index contributed by atoms with van der Waals surface area (Å²) >= 11 is 0. The maximum atomic E-state index is 13.3. The van der Waals surface area contributed by atoms with Crippen molar-refractivity contribution in [2.45, 2.75) is 33.2 Å². The summed E-state index contributed by atoms with van der Waals surface area (Å²) in [5.74, 6) is -1.58. The van der Waals surface area contributed by atoms with Crippen LogP contribution in [0.4, 0.5) is 4.39 Å². The minimum Gasteiger partial charge on any atom is -0.478 e. The fourth-order valence-electron chi connectivity index (χ4n) is 1.85. The van der Waals surface area contributed by atoms with Crippen LogP contribution in [0.25, 0.3) is 0 Å². The predicted molar refractivity (Wildman–Crippen MR) is 69.2 cm³/mol. The first-order chi connectivity index (χ1) is 8.56. The van der Waals surface area contributed by atoms with E-state index in [-0.39, 0.29) is 5.56 Å². The summed E-state index contributed by atoms with van der Waals surface area (Å²) in [7, 11) is 0. The van der Waals surface area contributed by atoms with Gasteiger partial charge in [0.1, 0.15) is 5.82 Å². The molecule has 1 aromatic rings. The van der Waals surface area contributed by atoms with Crippen molar-refractivity contribution in [3.8, 4) is 0 Å². The fourth-order valence-corrected chi connectivity index (χ4v) is 1.85. The van der Waals surface area contributed by atoms with Crippen molar-refractivity contribution < 1.29 is 14.3 Å². The third-order valence-corrected chi connectivity index (χ3v) is 2.89. The van der Waals surface area contributed by atoms with Gasteiger partial charge in [0, 0.05) is 6.54 Å². The molecule has 100 valence electrons. The maximum Gasteiger partial charge on any atom is 0.335 e. The average Bonchev–Trinajstić information content (AvgIpc) is 2.33. The highest BCUT2D eigenvalue weighted by molar-refractivity contribution is 5.87. The van der Waals surface area contributed by atoms with Crippen LogP contribution in [0.1, 0.15) is 42.6 Å². The van der Waals surface area contributed by atoms with Crippen molar-refractivity contribution >= 4 is 5.97 Å². The molecule has 0 saturated heterocycles. The lowest BCUT2D eigenvalue weighted by Gasteiger charge is -2.20. The molecular formula is C14H20FNO2. The van der Waals surface area contributed by atoms with Crippen LogP contribution >= 0.6 is 0 Å². The summed E-state index contributed by atoms with van der Waals surface area (Å²) in [6.07, 6.45) is 2.20. The van der Waals surface area contributed by atoms with Crippen molar-refractivity contribution in [3.05, 3.63) is 35.1 Å². The second kappa shape index (κ2) is 7.11. The van der Waals surface area contributed by atoms with Gasteiger partial charge in [-0.05, 0) is 43.3 Å². The SMILES string of the molecule is CCCCN(CC)Cc1cc(F)cc(C(=O)O)c1. The Morgan fingerprint density at radius 3 is 2.61 bits per heavy atom. The van der Waals surface area contributed by atoms with Gasteiger partial charge in [-0.1, -0.05) is 20.3 Å². The monoisotopic (exact) mass is 253 g/mol. The lowest BCUT2D eigenvalue weighted by molar-refractivity contribution is 0.0696. The molecule has 0 aliphatic carbocycles. The summed E-state index contributed by atoms with van der Waals surface area (Å²) in [6, 6.07) is 4.00. The first kappa shape index (κ1) is 14.6. The van der Waals surface area contributed by atoms with E-state index in [1.165, 1.54) is 6.07 Å². The van der Waals surface area contributed by atoms with Crippen LogP contribution in [0, 0.1) is 5.82 Å². The topological polar surface area (TPSA) is 40.5 Å². The molecular weight excluding hydrogens is 233 g/mol. The molecule has 0 saturated carbocycles. The van der Waals surface area contributed by atoms with Crippen molar-refractivity contribution in [2.75, 3.05) is 13.1 Å². The van der Waals surface area contributed by atoms with E-state index in [1.807, 2.05) is 6.92 Å². The Morgan fingerprint density at radius 2 is 2.06 bits per heavy atom. The van der Waals surface area contributed by atoms with Gasteiger partial charge in [0.15, 0.2) is 0 Å². The molecule has 0 radical (unpaired) electrons. The molecule has 3 nitrogen and oxygen atoms in total. The van der Waals surface area contributed by atoms with E-state index >= 15 is 0 Å². The van der Waals surface area contributed by atoms with Crippen LogP contribution < -0.4 is 0 Å². The minimum absolute atomic E-state index is 0.0107. The zero-order valence-corrected chi connectivity index (χ0v) is 10.9. The summed E-state index contributed by atoms with van der Waals surface area (Å²) < 4.78 is 13.3. The molecule has 0 aliphatic rings. The smallest absolute Gasteiger partial charge is 0.335 e. The molecule has 0 bridgehead atoms. The number of carboxylic acid groups (broad SMARTS) is 1. The maximum absolute atomic E-state index is 13.3. The number of hydrogen-bond acceptors (Lipinski definition) is 2. The van der Waals surface area contributed by atoms with Gasteiger partial charge in [0.2, 0.25) is 0 Å². The molecule has 0 amide bonds. The van der Waals surface area contributed by atoms with Gasteiger partial charge in [0.05, 0.1) is 5.56 Å². The Kier molecular flexibility index (Phi) is 5.78. The van der Waals surface area contributed by atoms with Crippen LogP contribution in [-0.2, 0) is 6.54 Å². The van der Waals surface area contributed by atoms with Gasteiger partial charge < -0.3 is 5.11 Å². The van der Waals surface area contributed by atoms with E-state index in [9.17, 15) is 9.18 Å². The van der Waals surface area contributed by atoms with Crippen LogP contribution in [0.15, 0.2) is 18.2 Å². The molecule has 0 atom stereocenters. The number of hydrogen-bond donors (Lipinski definition) is 1. The predicted octanol–water partition coefficient (Wildman–Crippen LogP) is 3.15. The third-order valence-electron chi connectivity index (χ3n) is 2.89. The van der Waals surface area contributed by atoms with Gasteiger partial charge in [0.25, 0.3) is 0 Å². The van der Waals surface area contributed by atoms with Crippen molar-refractivity contribution in [1.29, 1.82) is 0 Å². The lowest BCUT2D eigenvalue weighted by Crippen LogP contribution is -2.24. The molecule has 0 aliphatic heterocycles. The summed E-state index contributed by atoms with van der Waals surface area (Å²) in [5, 5.41) is 8.89. The quantitative estimate of drug-likeness (QED) is 0.811. The molecule has 0 aromatic heterocycles. The van der Waals surface area contributed by atoms with Gasteiger partial charge in [-0.3, -0.25) is 4.90 Å². The largest absolute Gasteiger partial charge is 0.478 e. The van der Waals surface area contributed by atoms with Gasteiger partial charge in [-0.15, -0.1) is 0 Å². The fraction of sp³-hybridized carbons (Fsp3) is 0.500. The van der Waals surface area contributed by atoms with Crippen molar-refractivity contribution in [1.82, 2.24) is 4.90 Å². The van der Waals surface area contributed by atoms with E-state index in [2.05, 4.69) is 11.8 Å². The van der Waals surface area contributed by atoms with Crippen molar-refractivity contribution in [3.63, 3.8) is 0 Å². The number of unbranched alkanes of at least 4 members (excludes halogenated alkanes) is 1. The highest BCUT2D eigenvalue weighted by Gasteiger charge is 2.09. The first-order valence-corrected chi connectivity index (χ1v) is 6.32. The normalized spacial score (nSPS) is 10.9. The standard InChI is InChI=1S/C14H20FNO2/c1-3-5-6-16(4-2)10-11-7-12(14(17)18)9-13(15)8-11/h7-9H,3-6,10H2,1-2H3,(H,17,18). The number of benzene rings is 1. The van der Waals surface area contributed by atoms with Gasteiger partial charge in [-0.2, -0.15) is 0 Å². The number of nitrogens with zero attached hydrogens (tertiary/aromatic N) is 1. The zero-order chi connectivity index (χ0) is 13.5. The minimum atomic E-state index is -1.09. The number of rotatable bonds is 7. The van der Waals surface area contributed by atoms with E-state index in [0.717, 1.165) is 32.0 Å². The first-order valence-electron chi connectivity index (χ1n) is 6.32. The van der Waals surface area contributed by atoms with E-state index in [1.54, 1.807) is 6.07 Å². The second-order valence-corrected chi connectivity index (χ2v) is 4.38. The summed E-state index contributed by atoms with van der Waals surface area (Å²) in [5.41, 5.74) is 0.724. The van der Waals surface area contributed by atoms with Crippen molar-refractivity contribution in [2.24, 2.45) is 0 Å². The Bertz CT molecular complexity index is 407. The van der Waals surface area contributed by atoms with E-state index in [4.69, 9.17) is 5.11 Å². The molecule has 1 aromatic carbocycles. The molecule has 0 unspecified atom stereocenters. The summed E-state index contributed by atoms with van der Waals surface area (Å²) in [4.78, 5) is 13.0.